The van der Waals surface area contributed by atoms with Crippen LogP contribution in [0.4, 0.5) is 0 Å². The quantitative estimate of drug-likeness (QED) is 0.876. The minimum atomic E-state index is -0.295. The van der Waals surface area contributed by atoms with Gasteiger partial charge in [0.2, 0.25) is 0 Å². The summed E-state index contributed by atoms with van der Waals surface area (Å²) >= 11 is 1.71. The van der Waals surface area contributed by atoms with Gasteiger partial charge in [0.1, 0.15) is 6.10 Å². The molecule has 0 amide bonds. The van der Waals surface area contributed by atoms with Crippen molar-refractivity contribution >= 4 is 11.3 Å². The van der Waals surface area contributed by atoms with E-state index in [2.05, 4.69) is 24.0 Å². The van der Waals surface area contributed by atoms with Crippen molar-refractivity contribution in [2.24, 2.45) is 0 Å². The molecule has 1 unspecified atom stereocenters. The van der Waals surface area contributed by atoms with Crippen molar-refractivity contribution in [2.75, 3.05) is 19.6 Å². The van der Waals surface area contributed by atoms with Crippen molar-refractivity contribution < 1.29 is 5.11 Å². The number of β-amino-alcohol motifs (C(OH)–C–C–N with tert-alkyl or cyclic N) is 1. The Balaban J connectivity index is 1.88. The van der Waals surface area contributed by atoms with Crippen LogP contribution >= 0.6 is 11.3 Å². The first-order chi connectivity index (χ1) is 7.75. The van der Waals surface area contributed by atoms with E-state index in [4.69, 9.17) is 0 Å². The van der Waals surface area contributed by atoms with Gasteiger partial charge >= 0.3 is 0 Å². The number of rotatable bonds is 3. The molecule has 1 saturated heterocycles. The summed E-state index contributed by atoms with van der Waals surface area (Å²) in [6, 6.07) is 4.15. The van der Waals surface area contributed by atoms with Gasteiger partial charge in [-0.2, -0.15) is 0 Å². The van der Waals surface area contributed by atoms with Crippen molar-refractivity contribution in [3.63, 3.8) is 0 Å². The van der Waals surface area contributed by atoms with Crippen LogP contribution in [0, 0.1) is 6.92 Å². The van der Waals surface area contributed by atoms with Gasteiger partial charge in [0.05, 0.1) is 0 Å². The molecule has 2 nitrogen and oxygen atoms in total. The smallest absolute Gasteiger partial charge is 0.101 e. The highest BCUT2D eigenvalue weighted by molar-refractivity contribution is 7.12. The molecule has 2 heterocycles. The average Bonchev–Trinajstić information content (AvgIpc) is 2.54. The fourth-order valence-electron chi connectivity index (χ4n) is 2.29. The maximum Gasteiger partial charge on any atom is 0.101 e. The molecular formula is C13H21NOS. The molecule has 0 aromatic carbocycles. The third-order valence-electron chi connectivity index (χ3n) is 3.22. The van der Waals surface area contributed by atoms with E-state index < -0.39 is 0 Å². The summed E-state index contributed by atoms with van der Waals surface area (Å²) in [7, 11) is 0. The van der Waals surface area contributed by atoms with Gasteiger partial charge in [-0.05, 0) is 45.0 Å². The van der Waals surface area contributed by atoms with Crippen LogP contribution in [-0.2, 0) is 0 Å². The van der Waals surface area contributed by atoms with E-state index in [-0.39, 0.29) is 6.10 Å². The van der Waals surface area contributed by atoms with Crippen molar-refractivity contribution in [1.29, 1.82) is 0 Å². The predicted octanol–water partition coefficient (Wildman–Crippen LogP) is 2.97. The molecule has 1 fully saturated rings. The topological polar surface area (TPSA) is 23.5 Å². The largest absolute Gasteiger partial charge is 0.386 e. The maximum absolute atomic E-state index is 10.1. The lowest BCUT2D eigenvalue weighted by Gasteiger charge is -2.22. The van der Waals surface area contributed by atoms with E-state index in [1.165, 1.54) is 30.6 Å². The Morgan fingerprint density at radius 2 is 1.94 bits per heavy atom. The molecule has 1 aromatic rings. The van der Waals surface area contributed by atoms with Crippen molar-refractivity contribution in [3.05, 3.63) is 21.9 Å². The normalized spacial score (nSPS) is 20.6. The summed E-state index contributed by atoms with van der Waals surface area (Å²) in [5, 5.41) is 10.1. The summed E-state index contributed by atoms with van der Waals surface area (Å²) in [4.78, 5) is 4.80. The minimum Gasteiger partial charge on any atom is -0.386 e. The number of thiophene rings is 1. The molecule has 1 aliphatic heterocycles. The fraction of sp³-hybridized carbons (Fsp3) is 0.692. The minimum absolute atomic E-state index is 0.295. The monoisotopic (exact) mass is 239 g/mol. The van der Waals surface area contributed by atoms with E-state index >= 15 is 0 Å². The lowest BCUT2D eigenvalue weighted by molar-refractivity contribution is 0.118. The summed E-state index contributed by atoms with van der Waals surface area (Å²) in [6.45, 7) is 5.20. The van der Waals surface area contributed by atoms with E-state index in [0.29, 0.717) is 0 Å². The Kier molecular flexibility index (Phi) is 4.38. The number of nitrogens with zero attached hydrogens (tertiary/aromatic N) is 1. The van der Waals surface area contributed by atoms with E-state index in [9.17, 15) is 5.11 Å². The molecular weight excluding hydrogens is 218 g/mol. The van der Waals surface area contributed by atoms with E-state index in [1.807, 2.05) is 0 Å². The Morgan fingerprint density at radius 3 is 2.50 bits per heavy atom. The highest BCUT2D eigenvalue weighted by atomic mass is 32.1. The standard InChI is InChI=1S/C13H21NOS/c1-11-6-7-13(16-11)12(15)10-14-8-4-2-3-5-9-14/h6-7,12,15H,2-5,8-10H2,1H3. The first kappa shape index (κ1) is 12.1. The zero-order valence-electron chi connectivity index (χ0n) is 9.98. The third kappa shape index (κ3) is 3.30. The molecule has 90 valence electrons. The number of hydrogen-bond acceptors (Lipinski definition) is 3. The lowest BCUT2D eigenvalue weighted by atomic mass is 10.2. The van der Waals surface area contributed by atoms with Crippen molar-refractivity contribution in [3.8, 4) is 0 Å². The molecule has 2 rings (SSSR count). The summed E-state index contributed by atoms with van der Waals surface area (Å²) < 4.78 is 0. The highest BCUT2D eigenvalue weighted by Gasteiger charge is 2.16. The SMILES string of the molecule is Cc1ccc(C(O)CN2CCCCCC2)s1. The summed E-state index contributed by atoms with van der Waals surface area (Å²) in [5.41, 5.74) is 0. The number of hydrogen-bond donors (Lipinski definition) is 1. The second-order valence-corrected chi connectivity index (χ2v) is 6.00. The molecule has 16 heavy (non-hydrogen) atoms. The molecule has 0 saturated carbocycles. The molecule has 0 radical (unpaired) electrons. The Hall–Kier alpha value is -0.380. The van der Waals surface area contributed by atoms with Crippen LogP contribution in [0.25, 0.3) is 0 Å². The molecule has 0 aliphatic carbocycles. The fourth-order valence-corrected chi connectivity index (χ4v) is 3.14. The van der Waals surface area contributed by atoms with E-state index in [1.54, 1.807) is 11.3 Å². The first-order valence-corrected chi connectivity index (χ1v) is 7.04. The lowest BCUT2D eigenvalue weighted by Crippen LogP contribution is -2.29. The first-order valence-electron chi connectivity index (χ1n) is 6.22. The molecule has 1 aromatic heterocycles. The summed E-state index contributed by atoms with van der Waals surface area (Å²) in [5.74, 6) is 0. The maximum atomic E-state index is 10.1. The van der Waals surface area contributed by atoms with Crippen molar-refractivity contribution in [2.45, 2.75) is 38.7 Å². The third-order valence-corrected chi connectivity index (χ3v) is 4.32. The zero-order chi connectivity index (χ0) is 11.4. The highest BCUT2D eigenvalue weighted by Crippen LogP contribution is 2.24. The second kappa shape index (κ2) is 5.80. The predicted molar refractivity (Wildman–Crippen MR) is 68.9 cm³/mol. The molecule has 1 atom stereocenters. The van der Waals surface area contributed by atoms with E-state index in [0.717, 1.165) is 24.5 Å². The Bertz CT molecular complexity index is 315. The summed E-state index contributed by atoms with van der Waals surface area (Å²) in [6.07, 6.45) is 4.98. The van der Waals surface area contributed by atoms with Gasteiger partial charge in [-0.1, -0.05) is 12.8 Å². The van der Waals surface area contributed by atoms with Crippen LogP contribution in [0.15, 0.2) is 12.1 Å². The van der Waals surface area contributed by atoms with Crippen LogP contribution in [0.2, 0.25) is 0 Å². The van der Waals surface area contributed by atoms with Gasteiger partial charge < -0.3 is 10.0 Å². The molecule has 0 spiro atoms. The zero-order valence-corrected chi connectivity index (χ0v) is 10.8. The van der Waals surface area contributed by atoms with Gasteiger partial charge in [0.15, 0.2) is 0 Å². The number of aryl methyl sites for hydroxylation is 1. The average molecular weight is 239 g/mol. The van der Waals surface area contributed by atoms with Gasteiger partial charge in [0, 0.05) is 16.3 Å². The number of aliphatic hydroxyl groups excluding tert-OH is 1. The molecule has 1 N–H and O–H groups in total. The van der Waals surface area contributed by atoms with Gasteiger partial charge in [-0.3, -0.25) is 0 Å². The second-order valence-electron chi connectivity index (χ2n) is 4.68. The Labute approximate surface area is 102 Å². The molecule has 0 bridgehead atoms. The van der Waals surface area contributed by atoms with Crippen LogP contribution in [0.1, 0.15) is 41.5 Å². The molecule has 3 heteroatoms. The van der Waals surface area contributed by atoms with Crippen LogP contribution in [0.3, 0.4) is 0 Å². The Morgan fingerprint density at radius 1 is 1.25 bits per heavy atom. The van der Waals surface area contributed by atoms with Gasteiger partial charge in [-0.15, -0.1) is 11.3 Å². The van der Waals surface area contributed by atoms with Crippen LogP contribution < -0.4 is 0 Å². The van der Waals surface area contributed by atoms with Crippen molar-refractivity contribution in [1.82, 2.24) is 4.90 Å². The van der Waals surface area contributed by atoms with Gasteiger partial charge in [0.25, 0.3) is 0 Å². The van der Waals surface area contributed by atoms with Crippen LogP contribution in [-0.4, -0.2) is 29.6 Å². The molecule has 1 aliphatic rings. The van der Waals surface area contributed by atoms with Gasteiger partial charge in [-0.25, -0.2) is 0 Å². The number of aliphatic hydroxyl groups is 1. The number of likely N-dealkylation sites (tertiary alicyclic amines) is 1. The van der Waals surface area contributed by atoms with Crippen LogP contribution in [0.5, 0.6) is 0 Å².